The third-order valence-corrected chi connectivity index (χ3v) is 13.4. The molecule has 65 heavy (non-hydrogen) atoms. The number of anilines is 1. The molecule has 3 aliphatic rings. The summed E-state index contributed by atoms with van der Waals surface area (Å²) in [4.78, 5) is 18.7. The zero-order valence-electron chi connectivity index (χ0n) is 37.9. The van der Waals surface area contributed by atoms with Gasteiger partial charge in [0.1, 0.15) is 11.4 Å². The summed E-state index contributed by atoms with van der Waals surface area (Å²) in [7, 11) is 5.09. The molecule has 7 rings (SSSR count). The second-order valence-electron chi connectivity index (χ2n) is 18.0. The van der Waals surface area contributed by atoms with Crippen LogP contribution in [0.25, 0.3) is 10.8 Å². The monoisotopic (exact) mass is 887 g/mol. The number of nitrogens with one attached hydrogen (secondary N) is 4. The normalized spacial score (nSPS) is 23.3. The molecule has 2 saturated carbocycles. The van der Waals surface area contributed by atoms with Crippen molar-refractivity contribution in [2.75, 3.05) is 52.9 Å². The van der Waals surface area contributed by atoms with Gasteiger partial charge in [0.25, 0.3) is 0 Å². The number of guanidine groups is 1. The summed E-state index contributed by atoms with van der Waals surface area (Å²) in [6.45, 7) is 1.89. The first kappa shape index (κ1) is 47.2. The SMILES string of the molecule is CN=C1NC#CCC2CCCC2(Cc2ccc(O)c(OC)c2)C(=O)C=CCCc2cc(c(O)c(OC3(CNC)CCC(CCOCNCC(O)Cc4ccc5cc(O)ccc5c4)C3)c2)N1. The minimum Gasteiger partial charge on any atom is -0.508 e. The van der Waals surface area contributed by atoms with E-state index in [9.17, 15) is 25.2 Å². The molecule has 5 atom stereocenters. The Labute approximate surface area is 382 Å². The van der Waals surface area contributed by atoms with Crippen LogP contribution in [0.2, 0.25) is 0 Å². The minimum absolute atomic E-state index is 0.0190. The number of fused-ring (bicyclic) bond motifs is 4. The zero-order valence-corrected chi connectivity index (χ0v) is 37.9. The summed E-state index contributed by atoms with van der Waals surface area (Å²) >= 11 is 0. The number of phenolic OH excluding ortho intramolecular Hbond substituents is 3. The molecule has 0 aromatic heterocycles. The molecule has 13 nitrogen and oxygen atoms in total. The maximum absolute atomic E-state index is 14.3. The molecule has 8 N–H and O–H groups in total. The van der Waals surface area contributed by atoms with Crippen LogP contribution in [0, 0.1) is 29.2 Å². The van der Waals surface area contributed by atoms with Crippen molar-refractivity contribution in [3.63, 3.8) is 0 Å². The second kappa shape index (κ2) is 21.9. The smallest absolute Gasteiger partial charge is 0.207 e. The Morgan fingerprint density at radius 1 is 0.985 bits per heavy atom. The summed E-state index contributed by atoms with van der Waals surface area (Å²) in [6.07, 6.45) is 11.8. The van der Waals surface area contributed by atoms with Gasteiger partial charge in [0.15, 0.2) is 28.8 Å². The number of ketones is 1. The first-order chi connectivity index (χ1) is 31.5. The number of phenols is 3. The lowest BCUT2D eigenvalue weighted by Gasteiger charge is -2.33. The number of nitrogens with zero attached hydrogens (tertiary/aromatic N) is 1. The summed E-state index contributed by atoms with van der Waals surface area (Å²) in [5.74, 6) is 5.16. The van der Waals surface area contributed by atoms with Crippen molar-refractivity contribution in [2.45, 2.75) is 88.8 Å². The molecule has 0 spiro atoms. The molecule has 5 unspecified atom stereocenters. The average molecular weight is 888 g/mol. The van der Waals surface area contributed by atoms with Gasteiger partial charge in [0.2, 0.25) is 5.96 Å². The highest BCUT2D eigenvalue weighted by Gasteiger charge is 2.47. The van der Waals surface area contributed by atoms with Gasteiger partial charge in [-0.3, -0.25) is 20.4 Å². The Hall–Kier alpha value is -5.78. The molecule has 1 heterocycles. The Balaban J connectivity index is 0.976. The number of likely N-dealkylation sites (N-methyl/N-ethyl adjacent to an activating group) is 1. The maximum Gasteiger partial charge on any atom is 0.207 e. The number of carbonyl (C=O) groups excluding carboxylic acids is 1. The van der Waals surface area contributed by atoms with E-state index in [1.54, 1.807) is 31.3 Å². The number of allylic oxidation sites excluding steroid dienone is 2. The molecule has 346 valence electrons. The predicted octanol–water partition coefficient (Wildman–Crippen LogP) is 7.10. The summed E-state index contributed by atoms with van der Waals surface area (Å²) < 4.78 is 18.2. The fourth-order valence-electron chi connectivity index (χ4n) is 10.1. The van der Waals surface area contributed by atoms with Gasteiger partial charge in [-0.25, -0.2) is 0 Å². The number of hydrogen-bond acceptors (Lipinski definition) is 11. The molecular formula is C52H65N5O8. The van der Waals surface area contributed by atoms with Gasteiger partial charge in [-0.05, 0) is 153 Å². The Bertz CT molecular complexity index is 2410. The fraction of sp³-hybridized carbons (Fsp3) is 0.462. The van der Waals surface area contributed by atoms with Crippen LogP contribution in [0.3, 0.4) is 0 Å². The number of aliphatic hydroxyl groups is 1. The topological polar surface area (TPSA) is 186 Å². The number of benzene rings is 4. The highest BCUT2D eigenvalue weighted by molar-refractivity contribution is 5.97. The van der Waals surface area contributed by atoms with Gasteiger partial charge < -0.3 is 45.3 Å². The van der Waals surface area contributed by atoms with Crippen LogP contribution < -0.4 is 30.7 Å². The van der Waals surface area contributed by atoms with Crippen molar-refractivity contribution in [2.24, 2.45) is 22.2 Å². The van der Waals surface area contributed by atoms with E-state index in [2.05, 4.69) is 38.2 Å². The zero-order chi connectivity index (χ0) is 45.8. The van der Waals surface area contributed by atoms with Crippen LogP contribution in [-0.2, 0) is 28.8 Å². The molecule has 0 amide bonds. The van der Waals surface area contributed by atoms with Crippen LogP contribution >= 0.6 is 0 Å². The number of rotatable bonds is 16. The fourth-order valence-corrected chi connectivity index (χ4v) is 10.1. The van der Waals surface area contributed by atoms with E-state index in [0.717, 1.165) is 72.4 Å². The van der Waals surface area contributed by atoms with E-state index in [0.29, 0.717) is 87.6 Å². The third kappa shape index (κ3) is 11.9. The lowest BCUT2D eigenvalue weighted by atomic mass is 9.69. The molecule has 0 saturated heterocycles. The molecule has 4 aromatic carbocycles. The van der Waals surface area contributed by atoms with Gasteiger partial charge in [0, 0.05) is 44.6 Å². The standard InChI is InChI=1S/C52H65N5O8/c1-53-33-51(21-18-35(30-51)19-23-64-34-55-32-43(59)25-37-12-14-40-29-42(58)16-15-39(40)24-37)65-47-27-36-8-4-5-11-48(61)52(31-38-13-17-45(60)46(28-38)63-3)20-6-9-41(52)10-7-22-56-50(54-2)57-44(26-36)49(47)62/h5,11-17,24,26-29,35,41,43,53,55,58-60,62H,4,6,8-10,18-21,23,25,30-34H2,1-3H3,(H2,54,56,57). The van der Waals surface area contributed by atoms with E-state index in [-0.39, 0.29) is 28.9 Å². The van der Waals surface area contributed by atoms with E-state index >= 15 is 0 Å². The number of ether oxygens (including phenoxy) is 3. The first-order valence-corrected chi connectivity index (χ1v) is 22.9. The highest BCUT2D eigenvalue weighted by atomic mass is 16.5. The average Bonchev–Trinajstić information content (AvgIpc) is 3.90. The number of carbonyl (C=O) groups is 1. The van der Waals surface area contributed by atoms with Crippen molar-refractivity contribution in [3.05, 3.63) is 95.6 Å². The first-order valence-electron chi connectivity index (χ1n) is 22.9. The van der Waals surface area contributed by atoms with Crippen LogP contribution in [0.1, 0.15) is 74.5 Å². The number of aromatic hydroxyl groups is 3. The largest absolute Gasteiger partial charge is 0.508 e. The number of aliphatic imine (C=N–C) groups is 1. The van der Waals surface area contributed by atoms with E-state index in [1.807, 2.05) is 61.7 Å². The molecule has 13 heteroatoms. The lowest BCUT2D eigenvalue weighted by molar-refractivity contribution is -0.125. The molecular weight excluding hydrogens is 823 g/mol. The summed E-state index contributed by atoms with van der Waals surface area (Å²) in [5.41, 5.74) is 2.13. The number of aliphatic hydroxyl groups excluding tert-OH is 1. The van der Waals surface area contributed by atoms with Crippen LogP contribution in [0.5, 0.6) is 28.7 Å². The summed E-state index contributed by atoms with van der Waals surface area (Å²) in [6, 6.07) is 23.4. The van der Waals surface area contributed by atoms with Crippen molar-refractivity contribution in [3.8, 4) is 40.7 Å². The maximum atomic E-state index is 14.3. The number of hydrogen-bond donors (Lipinski definition) is 8. The van der Waals surface area contributed by atoms with E-state index < -0.39 is 17.1 Å². The molecule has 2 fully saturated rings. The highest BCUT2D eigenvalue weighted by Crippen LogP contribution is 2.49. The van der Waals surface area contributed by atoms with Gasteiger partial charge >= 0.3 is 0 Å². The van der Waals surface area contributed by atoms with Crippen molar-refractivity contribution in [1.82, 2.24) is 16.0 Å². The predicted molar refractivity (Wildman–Crippen MR) is 255 cm³/mol. The van der Waals surface area contributed by atoms with Crippen LogP contribution in [0.15, 0.2) is 83.9 Å². The molecule has 2 aliphatic carbocycles. The molecule has 1 aliphatic heterocycles. The van der Waals surface area contributed by atoms with Crippen molar-refractivity contribution in [1.29, 1.82) is 0 Å². The second-order valence-corrected chi connectivity index (χ2v) is 18.0. The number of methoxy groups -OCH3 is 1. The van der Waals surface area contributed by atoms with E-state index in [1.165, 1.54) is 7.11 Å². The Kier molecular flexibility index (Phi) is 15.9. The number of aryl methyl sites for hydroxylation is 1. The van der Waals surface area contributed by atoms with Gasteiger partial charge in [-0.1, -0.05) is 48.7 Å². The Morgan fingerprint density at radius 2 is 1.82 bits per heavy atom. The van der Waals surface area contributed by atoms with E-state index in [4.69, 9.17) is 14.2 Å². The van der Waals surface area contributed by atoms with Crippen LogP contribution in [-0.4, -0.2) is 91.5 Å². The Morgan fingerprint density at radius 3 is 2.65 bits per heavy atom. The molecule has 0 radical (unpaired) electrons. The van der Waals surface area contributed by atoms with Gasteiger partial charge in [0.05, 0.1) is 25.6 Å². The van der Waals surface area contributed by atoms with Gasteiger partial charge in [-0.15, -0.1) is 0 Å². The molecule has 2 bridgehead atoms. The summed E-state index contributed by atoms with van der Waals surface area (Å²) in [5, 5.41) is 57.3. The quantitative estimate of drug-likeness (QED) is 0.0248. The molecule has 4 aromatic rings. The third-order valence-electron chi connectivity index (χ3n) is 13.4. The van der Waals surface area contributed by atoms with Crippen molar-refractivity contribution >= 4 is 28.2 Å². The van der Waals surface area contributed by atoms with Crippen LogP contribution in [0.4, 0.5) is 5.69 Å². The van der Waals surface area contributed by atoms with Gasteiger partial charge in [-0.2, -0.15) is 0 Å². The lowest BCUT2D eigenvalue weighted by Crippen LogP contribution is -2.42. The van der Waals surface area contributed by atoms with Crippen molar-refractivity contribution < 1.29 is 39.4 Å². The minimum atomic E-state index is -0.641.